The van der Waals surface area contributed by atoms with E-state index in [1.54, 1.807) is 6.08 Å². The number of hydrogen-bond donors (Lipinski definition) is 6. The van der Waals surface area contributed by atoms with E-state index in [2.05, 4.69) is 11.9 Å². The van der Waals surface area contributed by atoms with Gasteiger partial charge in [-0.1, -0.05) is 6.08 Å². The zero-order valence-electron chi connectivity index (χ0n) is 8.45. The van der Waals surface area contributed by atoms with E-state index < -0.39 is 31.0 Å². The molecule has 0 heterocycles. The maximum Gasteiger partial charge on any atom is 0.111 e. The van der Waals surface area contributed by atoms with Gasteiger partial charge in [0, 0.05) is 13.1 Å². The van der Waals surface area contributed by atoms with Crippen LogP contribution in [0.15, 0.2) is 12.7 Å². The fourth-order valence-corrected chi connectivity index (χ4v) is 1.02. The smallest absolute Gasteiger partial charge is 0.111 e. The second-order valence-corrected chi connectivity index (χ2v) is 3.25. The summed E-state index contributed by atoms with van der Waals surface area (Å²) < 4.78 is 0. The van der Waals surface area contributed by atoms with Crippen LogP contribution in [0.4, 0.5) is 0 Å². The van der Waals surface area contributed by atoms with E-state index in [9.17, 15) is 15.3 Å². The lowest BCUT2D eigenvalue weighted by Gasteiger charge is -2.25. The Bertz CT molecular complexity index is 178. The molecular weight excluding hydrogens is 202 g/mol. The average molecular weight is 221 g/mol. The fourth-order valence-electron chi connectivity index (χ4n) is 1.02. The molecule has 6 N–H and O–H groups in total. The highest BCUT2D eigenvalue weighted by molar-refractivity contribution is 4.82. The Kier molecular flexibility index (Phi) is 7.49. The van der Waals surface area contributed by atoms with Crippen molar-refractivity contribution in [3.63, 3.8) is 0 Å². The van der Waals surface area contributed by atoms with Crippen LogP contribution in [0, 0.1) is 0 Å². The van der Waals surface area contributed by atoms with Crippen molar-refractivity contribution in [3.05, 3.63) is 12.7 Å². The van der Waals surface area contributed by atoms with Gasteiger partial charge in [-0.05, 0) is 0 Å². The topological polar surface area (TPSA) is 113 Å². The van der Waals surface area contributed by atoms with E-state index in [1.807, 2.05) is 0 Å². The van der Waals surface area contributed by atoms with Crippen molar-refractivity contribution in [2.45, 2.75) is 24.4 Å². The number of nitrogens with one attached hydrogen (secondary N) is 1. The summed E-state index contributed by atoms with van der Waals surface area (Å²) in [5, 5.41) is 48.2. The van der Waals surface area contributed by atoms with Crippen LogP contribution >= 0.6 is 0 Å². The first-order valence-electron chi connectivity index (χ1n) is 4.69. The Labute approximate surface area is 88.5 Å². The second-order valence-electron chi connectivity index (χ2n) is 3.25. The van der Waals surface area contributed by atoms with Crippen LogP contribution in [0.25, 0.3) is 0 Å². The molecule has 0 aromatic heterocycles. The predicted molar refractivity (Wildman–Crippen MR) is 54.2 cm³/mol. The van der Waals surface area contributed by atoms with Crippen molar-refractivity contribution < 1.29 is 25.5 Å². The highest BCUT2D eigenvalue weighted by Gasteiger charge is 2.29. The molecule has 90 valence electrons. The molecule has 6 nitrogen and oxygen atoms in total. The number of hydrogen-bond acceptors (Lipinski definition) is 6. The summed E-state index contributed by atoms with van der Waals surface area (Å²) in [6.45, 7) is 3.29. The fraction of sp³-hybridized carbons (Fsp3) is 0.778. The Hall–Kier alpha value is -0.500. The molecule has 0 aromatic rings. The first kappa shape index (κ1) is 14.5. The summed E-state index contributed by atoms with van der Waals surface area (Å²) in [7, 11) is 0. The standard InChI is InChI=1S/C9H19NO5/c1-2-3-10-4-6(12)8(14)9(15)7(13)5-11/h2,6-15H,1,3-5H2. The second kappa shape index (κ2) is 7.75. The highest BCUT2D eigenvalue weighted by Crippen LogP contribution is 2.04. The van der Waals surface area contributed by atoms with E-state index in [-0.39, 0.29) is 6.54 Å². The molecule has 4 atom stereocenters. The van der Waals surface area contributed by atoms with Gasteiger partial charge >= 0.3 is 0 Å². The van der Waals surface area contributed by atoms with E-state index in [0.29, 0.717) is 6.54 Å². The van der Waals surface area contributed by atoms with E-state index in [4.69, 9.17) is 10.2 Å². The van der Waals surface area contributed by atoms with Gasteiger partial charge in [0.25, 0.3) is 0 Å². The summed E-state index contributed by atoms with van der Waals surface area (Å²) in [6.07, 6.45) is -4.19. The SMILES string of the molecule is C=CCNCC(O)C(O)C(O)C(O)CO. The first-order valence-corrected chi connectivity index (χ1v) is 4.69. The molecule has 4 unspecified atom stereocenters. The molecule has 0 bridgehead atoms. The van der Waals surface area contributed by atoms with Gasteiger partial charge in [-0.25, -0.2) is 0 Å². The Morgan fingerprint density at radius 1 is 1.07 bits per heavy atom. The summed E-state index contributed by atoms with van der Waals surface area (Å²) in [6, 6.07) is 0. The number of rotatable bonds is 8. The maximum absolute atomic E-state index is 9.36. The van der Waals surface area contributed by atoms with Crippen LogP contribution in [-0.4, -0.2) is 69.6 Å². The van der Waals surface area contributed by atoms with Gasteiger partial charge in [0.1, 0.15) is 18.3 Å². The minimum Gasteiger partial charge on any atom is -0.394 e. The number of aliphatic hydroxyl groups is 5. The third-order valence-corrected chi connectivity index (χ3v) is 1.97. The summed E-state index contributed by atoms with van der Waals surface area (Å²) >= 11 is 0. The van der Waals surface area contributed by atoms with Gasteiger partial charge in [0.2, 0.25) is 0 Å². The van der Waals surface area contributed by atoms with Crippen LogP contribution in [0.5, 0.6) is 0 Å². The zero-order valence-corrected chi connectivity index (χ0v) is 8.45. The van der Waals surface area contributed by atoms with Crippen LogP contribution in [0.1, 0.15) is 0 Å². The van der Waals surface area contributed by atoms with Gasteiger partial charge in [0.15, 0.2) is 0 Å². The molecule has 0 radical (unpaired) electrons. The van der Waals surface area contributed by atoms with Gasteiger partial charge in [0.05, 0.1) is 12.7 Å². The lowest BCUT2D eigenvalue weighted by molar-refractivity contribution is -0.113. The molecule has 0 fully saturated rings. The lowest BCUT2D eigenvalue weighted by Crippen LogP contribution is -2.49. The highest BCUT2D eigenvalue weighted by atomic mass is 16.4. The van der Waals surface area contributed by atoms with Gasteiger partial charge in [-0.2, -0.15) is 0 Å². The molecule has 0 saturated heterocycles. The largest absolute Gasteiger partial charge is 0.394 e. The molecule has 0 aliphatic rings. The minimum absolute atomic E-state index is 0.0579. The Balaban J connectivity index is 3.95. The molecule has 0 rings (SSSR count). The van der Waals surface area contributed by atoms with Crippen molar-refractivity contribution in [1.29, 1.82) is 0 Å². The molecule has 0 saturated carbocycles. The average Bonchev–Trinajstić information content (AvgIpc) is 2.26. The Morgan fingerprint density at radius 2 is 1.60 bits per heavy atom. The lowest BCUT2D eigenvalue weighted by atomic mass is 10.0. The molecule has 0 spiro atoms. The molecule has 0 amide bonds. The zero-order chi connectivity index (χ0) is 11.8. The number of aliphatic hydroxyl groups excluding tert-OH is 5. The summed E-state index contributed by atoms with van der Waals surface area (Å²) in [4.78, 5) is 0. The monoisotopic (exact) mass is 221 g/mol. The minimum atomic E-state index is -1.57. The maximum atomic E-state index is 9.36. The van der Waals surface area contributed by atoms with E-state index in [0.717, 1.165) is 0 Å². The van der Waals surface area contributed by atoms with E-state index in [1.165, 1.54) is 0 Å². The molecule has 0 aliphatic carbocycles. The molecule has 0 aromatic carbocycles. The quantitative estimate of drug-likeness (QED) is 0.195. The van der Waals surface area contributed by atoms with Crippen molar-refractivity contribution in [1.82, 2.24) is 5.32 Å². The van der Waals surface area contributed by atoms with Crippen molar-refractivity contribution >= 4 is 0 Å². The molecule has 6 heteroatoms. The third-order valence-electron chi connectivity index (χ3n) is 1.97. The van der Waals surface area contributed by atoms with Crippen molar-refractivity contribution in [2.75, 3.05) is 19.7 Å². The third kappa shape index (κ3) is 5.22. The van der Waals surface area contributed by atoms with Gasteiger partial charge in [-0.3, -0.25) is 0 Å². The van der Waals surface area contributed by atoms with Crippen molar-refractivity contribution in [3.8, 4) is 0 Å². The van der Waals surface area contributed by atoms with Crippen LogP contribution < -0.4 is 5.32 Å². The summed E-state index contributed by atoms with van der Waals surface area (Å²) in [5.74, 6) is 0. The van der Waals surface area contributed by atoms with Crippen LogP contribution in [0.3, 0.4) is 0 Å². The predicted octanol–water partition coefficient (Wildman–Crippen LogP) is -2.80. The molecule has 15 heavy (non-hydrogen) atoms. The normalized spacial score (nSPS) is 19.3. The molecule has 0 aliphatic heterocycles. The first-order chi connectivity index (χ1) is 7.04. The molecular formula is C9H19NO5. The van der Waals surface area contributed by atoms with Crippen molar-refractivity contribution in [2.24, 2.45) is 0 Å². The van der Waals surface area contributed by atoms with Crippen LogP contribution in [0.2, 0.25) is 0 Å². The van der Waals surface area contributed by atoms with Crippen LogP contribution in [-0.2, 0) is 0 Å². The summed E-state index contributed by atoms with van der Waals surface area (Å²) in [5.41, 5.74) is 0. The van der Waals surface area contributed by atoms with Gasteiger partial charge < -0.3 is 30.8 Å². The van der Waals surface area contributed by atoms with Gasteiger partial charge in [-0.15, -0.1) is 6.58 Å². The Morgan fingerprint density at radius 3 is 2.07 bits per heavy atom. The van der Waals surface area contributed by atoms with E-state index >= 15 is 0 Å².